The summed E-state index contributed by atoms with van der Waals surface area (Å²) in [6, 6.07) is 0. The molecule has 0 unspecified atom stereocenters. The lowest BCUT2D eigenvalue weighted by atomic mass is 10.2. The van der Waals surface area contributed by atoms with Crippen LogP contribution >= 0.6 is 0 Å². The minimum absolute atomic E-state index is 0.234. The Morgan fingerprint density at radius 3 is 2.46 bits per heavy atom. The predicted molar refractivity (Wildman–Crippen MR) is 46.6 cm³/mol. The Morgan fingerprint density at radius 2 is 2.00 bits per heavy atom. The third-order valence-corrected chi connectivity index (χ3v) is 1.61. The number of carbonyl (C=O) groups excluding carboxylic acids is 1. The van der Waals surface area contributed by atoms with Gasteiger partial charge >= 0.3 is 0 Å². The van der Waals surface area contributed by atoms with Crippen LogP contribution in [0.3, 0.4) is 0 Å². The van der Waals surface area contributed by atoms with Gasteiger partial charge in [-0.1, -0.05) is 0 Å². The second-order valence-electron chi connectivity index (χ2n) is 2.60. The molecule has 5 nitrogen and oxygen atoms in total. The molecule has 1 aromatic heterocycles. The summed E-state index contributed by atoms with van der Waals surface area (Å²) in [4.78, 5) is 18.9. The number of aromatic nitrogens is 2. The van der Waals surface area contributed by atoms with Crippen LogP contribution in [0.1, 0.15) is 21.9 Å². The fraction of sp³-hybridized carbons (Fsp3) is 0.375. The van der Waals surface area contributed by atoms with Gasteiger partial charge in [-0.25, -0.2) is 4.98 Å². The van der Waals surface area contributed by atoms with Crippen LogP contribution in [0.15, 0.2) is 0 Å². The van der Waals surface area contributed by atoms with Gasteiger partial charge in [-0.15, -0.1) is 0 Å². The van der Waals surface area contributed by atoms with Gasteiger partial charge in [0, 0.05) is 0 Å². The lowest BCUT2D eigenvalue weighted by Crippen LogP contribution is -2.16. The number of methoxy groups -OCH3 is 1. The number of ether oxygens (including phenoxy) is 1. The van der Waals surface area contributed by atoms with Crippen molar-refractivity contribution in [2.75, 3.05) is 7.11 Å². The minimum Gasteiger partial charge on any atom is -0.480 e. The molecule has 1 aromatic rings. The summed E-state index contributed by atoms with van der Waals surface area (Å²) in [5, 5.41) is 0. The van der Waals surface area contributed by atoms with Gasteiger partial charge in [0.05, 0.1) is 12.8 Å². The molecule has 13 heavy (non-hydrogen) atoms. The highest BCUT2D eigenvalue weighted by atomic mass is 16.5. The molecule has 70 valence electrons. The monoisotopic (exact) mass is 181 g/mol. The lowest BCUT2D eigenvalue weighted by Gasteiger charge is -2.07. The molecular weight excluding hydrogens is 170 g/mol. The van der Waals surface area contributed by atoms with E-state index in [0.717, 1.165) is 0 Å². The molecule has 1 amide bonds. The number of carbonyl (C=O) groups is 1. The molecule has 1 heterocycles. The molecule has 0 radical (unpaired) electrons. The van der Waals surface area contributed by atoms with E-state index in [1.54, 1.807) is 13.8 Å². The third-order valence-electron chi connectivity index (χ3n) is 1.61. The summed E-state index contributed by atoms with van der Waals surface area (Å²) < 4.78 is 4.92. The molecule has 1 rings (SSSR count). The zero-order valence-corrected chi connectivity index (χ0v) is 7.79. The van der Waals surface area contributed by atoms with Crippen molar-refractivity contribution in [3.05, 3.63) is 17.1 Å². The zero-order valence-electron chi connectivity index (χ0n) is 7.79. The number of hydrogen-bond donors (Lipinski definition) is 1. The van der Waals surface area contributed by atoms with Gasteiger partial charge in [-0.05, 0) is 13.8 Å². The van der Waals surface area contributed by atoms with Gasteiger partial charge in [-0.3, -0.25) is 4.79 Å². The van der Waals surface area contributed by atoms with Crippen molar-refractivity contribution < 1.29 is 9.53 Å². The minimum atomic E-state index is -0.575. The fourth-order valence-electron chi connectivity index (χ4n) is 1.11. The van der Waals surface area contributed by atoms with Crippen molar-refractivity contribution in [2.24, 2.45) is 5.73 Å². The molecule has 0 aliphatic carbocycles. The molecule has 0 saturated carbocycles. The molecule has 0 saturated heterocycles. The van der Waals surface area contributed by atoms with Gasteiger partial charge in [-0.2, -0.15) is 4.98 Å². The number of nitrogens with zero attached hydrogens (tertiary/aromatic N) is 2. The van der Waals surface area contributed by atoms with E-state index in [-0.39, 0.29) is 11.4 Å². The van der Waals surface area contributed by atoms with Crippen LogP contribution < -0.4 is 10.5 Å². The van der Waals surface area contributed by atoms with Crippen LogP contribution in [0.2, 0.25) is 0 Å². The Bertz CT molecular complexity index is 349. The quantitative estimate of drug-likeness (QED) is 0.707. The fourth-order valence-corrected chi connectivity index (χ4v) is 1.11. The maximum atomic E-state index is 11.0. The van der Waals surface area contributed by atoms with Crippen molar-refractivity contribution in [2.45, 2.75) is 13.8 Å². The molecule has 0 spiro atoms. The maximum Gasteiger partial charge on any atom is 0.256 e. The molecular formula is C8H11N3O2. The Morgan fingerprint density at radius 1 is 1.38 bits per heavy atom. The molecule has 0 atom stereocenters. The number of nitrogens with two attached hydrogens (primary N) is 1. The van der Waals surface area contributed by atoms with E-state index in [9.17, 15) is 4.79 Å². The summed E-state index contributed by atoms with van der Waals surface area (Å²) in [6.45, 7) is 3.41. The first-order valence-corrected chi connectivity index (χ1v) is 3.75. The topological polar surface area (TPSA) is 78.1 Å². The molecule has 5 heteroatoms. The van der Waals surface area contributed by atoms with Crippen molar-refractivity contribution in [3.63, 3.8) is 0 Å². The maximum absolute atomic E-state index is 11.0. The third kappa shape index (κ3) is 1.74. The van der Waals surface area contributed by atoms with E-state index in [1.165, 1.54) is 7.11 Å². The molecule has 0 aliphatic heterocycles. The Balaban J connectivity index is 3.38. The van der Waals surface area contributed by atoms with Gasteiger partial charge < -0.3 is 10.5 Å². The van der Waals surface area contributed by atoms with Crippen LogP contribution in [-0.2, 0) is 0 Å². The Labute approximate surface area is 75.9 Å². The lowest BCUT2D eigenvalue weighted by molar-refractivity contribution is 0.0995. The highest BCUT2D eigenvalue weighted by molar-refractivity contribution is 5.96. The van der Waals surface area contributed by atoms with E-state index < -0.39 is 5.91 Å². The van der Waals surface area contributed by atoms with E-state index >= 15 is 0 Å². The van der Waals surface area contributed by atoms with E-state index in [4.69, 9.17) is 10.5 Å². The molecule has 0 fully saturated rings. The predicted octanol–water partition coefficient (Wildman–Crippen LogP) is 0.201. The highest BCUT2D eigenvalue weighted by Crippen LogP contribution is 2.16. The average Bonchev–Trinajstić information content (AvgIpc) is 2.01. The smallest absolute Gasteiger partial charge is 0.256 e. The average molecular weight is 181 g/mol. The highest BCUT2D eigenvalue weighted by Gasteiger charge is 2.15. The van der Waals surface area contributed by atoms with Gasteiger partial charge in [0.1, 0.15) is 11.4 Å². The van der Waals surface area contributed by atoms with Crippen LogP contribution in [0, 0.1) is 13.8 Å². The van der Waals surface area contributed by atoms with Crippen LogP contribution in [0.25, 0.3) is 0 Å². The van der Waals surface area contributed by atoms with Crippen molar-refractivity contribution in [1.82, 2.24) is 9.97 Å². The van der Waals surface area contributed by atoms with E-state index in [0.29, 0.717) is 11.5 Å². The second-order valence-corrected chi connectivity index (χ2v) is 2.60. The first kappa shape index (κ1) is 9.44. The summed E-state index contributed by atoms with van der Waals surface area (Å²) >= 11 is 0. The van der Waals surface area contributed by atoms with E-state index in [2.05, 4.69) is 9.97 Å². The SMILES string of the molecule is COc1nc(C)nc(C)c1C(N)=O. The first-order valence-electron chi connectivity index (χ1n) is 3.75. The second kappa shape index (κ2) is 3.38. The first-order chi connectivity index (χ1) is 6.06. The zero-order chi connectivity index (χ0) is 10.0. The summed E-state index contributed by atoms with van der Waals surface area (Å²) in [6.07, 6.45) is 0. The van der Waals surface area contributed by atoms with Crippen molar-refractivity contribution >= 4 is 5.91 Å². The number of amides is 1. The summed E-state index contributed by atoms with van der Waals surface area (Å²) in [5.41, 5.74) is 5.92. The van der Waals surface area contributed by atoms with Crippen LogP contribution in [0.5, 0.6) is 5.88 Å². The molecule has 0 aliphatic rings. The number of hydrogen-bond acceptors (Lipinski definition) is 4. The Hall–Kier alpha value is -1.65. The van der Waals surface area contributed by atoms with Gasteiger partial charge in [0.25, 0.3) is 5.91 Å². The molecule has 2 N–H and O–H groups in total. The number of aryl methyl sites for hydroxylation is 2. The number of rotatable bonds is 2. The standard InChI is InChI=1S/C8H11N3O2/c1-4-6(7(9)12)8(13-3)11-5(2)10-4/h1-3H3,(H2,9,12). The Kier molecular flexibility index (Phi) is 2.46. The number of primary amides is 1. The molecule has 0 bridgehead atoms. The van der Waals surface area contributed by atoms with Gasteiger partial charge in [0.2, 0.25) is 5.88 Å². The van der Waals surface area contributed by atoms with Crippen LogP contribution in [-0.4, -0.2) is 23.0 Å². The van der Waals surface area contributed by atoms with Gasteiger partial charge in [0.15, 0.2) is 0 Å². The van der Waals surface area contributed by atoms with Crippen LogP contribution in [0.4, 0.5) is 0 Å². The largest absolute Gasteiger partial charge is 0.480 e. The molecule has 0 aromatic carbocycles. The summed E-state index contributed by atoms with van der Waals surface area (Å²) in [7, 11) is 1.44. The van der Waals surface area contributed by atoms with E-state index in [1.807, 2.05) is 0 Å². The van der Waals surface area contributed by atoms with Crippen molar-refractivity contribution in [1.29, 1.82) is 0 Å². The summed E-state index contributed by atoms with van der Waals surface area (Å²) in [5.74, 6) is 0.214. The van der Waals surface area contributed by atoms with Crippen molar-refractivity contribution in [3.8, 4) is 5.88 Å². The normalized spacial score (nSPS) is 9.77.